The minimum atomic E-state index is 0.181. The molecule has 28 heavy (non-hydrogen) atoms. The van der Waals surface area contributed by atoms with Gasteiger partial charge in [-0.15, -0.1) is 20.4 Å². The number of hydrogen-bond acceptors (Lipinski definition) is 7. The van der Waals surface area contributed by atoms with Crippen molar-refractivity contribution in [3.63, 3.8) is 0 Å². The summed E-state index contributed by atoms with van der Waals surface area (Å²) in [6, 6.07) is 7.36. The normalized spacial score (nSPS) is 11.8. The van der Waals surface area contributed by atoms with Crippen molar-refractivity contribution in [3.8, 4) is 22.7 Å². The fraction of sp³-hybridized carbons (Fsp3) is 0.286. The molecule has 1 aromatic carbocycles. The van der Waals surface area contributed by atoms with Gasteiger partial charge in [0.25, 0.3) is 0 Å². The predicted octanol–water partition coefficient (Wildman–Crippen LogP) is 4.09. The summed E-state index contributed by atoms with van der Waals surface area (Å²) in [6.45, 7) is 8.41. The standard InChI is InChI=1S/C21H22N6O/c1-10(2)14-5-12(22)7-16-18(14)20(21-26-24-9-25-27-21)19-15(11(3)4)6-13(23)8-17(19)28-16/h5-11,22H,23H2,1-4H3. The van der Waals surface area contributed by atoms with Gasteiger partial charge in [-0.2, -0.15) is 0 Å². The average molecular weight is 374 g/mol. The summed E-state index contributed by atoms with van der Waals surface area (Å²) in [5.74, 6) is 1.42. The molecular weight excluding hydrogens is 352 g/mol. The molecule has 1 aromatic heterocycles. The summed E-state index contributed by atoms with van der Waals surface area (Å²) in [5.41, 5.74) is 11.2. The first kappa shape index (κ1) is 18.0. The number of hydrogen-bond donors (Lipinski definition) is 2. The monoisotopic (exact) mass is 374 g/mol. The van der Waals surface area contributed by atoms with Crippen molar-refractivity contribution >= 4 is 16.7 Å². The molecule has 0 bridgehead atoms. The quantitative estimate of drug-likeness (QED) is 0.412. The van der Waals surface area contributed by atoms with Crippen LogP contribution in [0.3, 0.4) is 0 Å². The van der Waals surface area contributed by atoms with Gasteiger partial charge in [0, 0.05) is 34.3 Å². The third-order valence-electron chi connectivity index (χ3n) is 4.88. The molecule has 2 aromatic rings. The van der Waals surface area contributed by atoms with E-state index in [4.69, 9.17) is 15.6 Å². The highest BCUT2D eigenvalue weighted by atomic mass is 16.3. The number of nitrogen functional groups attached to an aromatic ring is 1. The van der Waals surface area contributed by atoms with Crippen LogP contribution in [-0.4, -0.2) is 20.4 Å². The summed E-state index contributed by atoms with van der Waals surface area (Å²) in [7, 11) is 0. The van der Waals surface area contributed by atoms with Gasteiger partial charge in [0.1, 0.15) is 11.3 Å². The van der Waals surface area contributed by atoms with E-state index < -0.39 is 0 Å². The van der Waals surface area contributed by atoms with E-state index in [1.165, 1.54) is 6.33 Å². The first-order valence-electron chi connectivity index (χ1n) is 9.26. The van der Waals surface area contributed by atoms with Crippen molar-refractivity contribution in [1.29, 1.82) is 5.41 Å². The van der Waals surface area contributed by atoms with E-state index in [2.05, 4.69) is 48.1 Å². The molecule has 0 radical (unpaired) electrons. The van der Waals surface area contributed by atoms with Crippen LogP contribution in [0.5, 0.6) is 0 Å². The van der Waals surface area contributed by atoms with Gasteiger partial charge >= 0.3 is 0 Å². The third kappa shape index (κ3) is 2.89. The number of rotatable bonds is 3. The Bertz CT molecular complexity index is 1200. The lowest BCUT2D eigenvalue weighted by Crippen LogP contribution is -2.09. The summed E-state index contributed by atoms with van der Waals surface area (Å²) >= 11 is 0. The summed E-state index contributed by atoms with van der Waals surface area (Å²) in [5, 5.41) is 25.9. The highest BCUT2D eigenvalue weighted by Gasteiger charge is 2.26. The van der Waals surface area contributed by atoms with E-state index >= 15 is 0 Å². The Morgan fingerprint density at radius 2 is 1.57 bits per heavy atom. The molecule has 2 aliphatic rings. The van der Waals surface area contributed by atoms with Crippen molar-refractivity contribution in [2.75, 3.05) is 5.73 Å². The molecule has 7 nitrogen and oxygen atoms in total. The van der Waals surface area contributed by atoms with E-state index in [9.17, 15) is 0 Å². The SMILES string of the molecule is CC(C)c1cc(=N)cc2oc3cc(N)cc(C(C)C)c3c(-c3nncnn3)c1-2. The molecule has 142 valence electrons. The zero-order valence-electron chi connectivity index (χ0n) is 16.3. The van der Waals surface area contributed by atoms with E-state index in [1.54, 1.807) is 12.1 Å². The van der Waals surface area contributed by atoms with Gasteiger partial charge in [-0.05, 0) is 35.1 Å². The predicted molar refractivity (Wildman–Crippen MR) is 108 cm³/mol. The molecule has 1 aliphatic carbocycles. The molecule has 0 spiro atoms. The van der Waals surface area contributed by atoms with Gasteiger partial charge in [0.15, 0.2) is 6.33 Å². The number of aromatic nitrogens is 4. The largest absolute Gasteiger partial charge is 0.456 e. The van der Waals surface area contributed by atoms with Crippen molar-refractivity contribution < 1.29 is 4.42 Å². The van der Waals surface area contributed by atoms with Crippen LogP contribution in [0.1, 0.15) is 50.7 Å². The lowest BCUT2D eigenvalue weighted by molar-refractivity contribution is 0.615. The number of nitrogens with one attached hydrogen (secondary N) is 1. The maximum atomic E-state index is 8.21. The lowest BCUT2D eigenvalue weighted by Gasteiger charge is -2.21. The van der Waals surface area contributed by atoms with Crippen LogP contribution in [-0.2, 0) is 0 Å². The molecule has 0 saturated heterocycles. The molecular formula is C21H22N6O. The van der Waals surface area contributed by atoms with Crippen LogP contribution < -0.4 is 11.1 Å². The Kier molecular flexibility index (Phi) is 4.30. The second-order valence-electron chi connectivity index (χ2n) is 7.58. The van der Waals surface area contributed by atoms with Crippen LogP contribution in [0.2, 0.25) is 0 Å². The van der Waals surface area contributed by atoms with Crippen LogP contribution in [0, 0.1) is 5.41 Å². The van der Waals surface area contributed by atoms with Gasteiger partial charge in [-0.1, -0.05) is 27.7 Å². The smallest absolute Gasteiger partial charge is 0.205 e. The van der Waals surface area contributed by atoms with Gasteiger partial charge < -0.3 is 15.6 Å². The summed E-state index contributed by atoms with van der Waals surface area (Å²) in [4.78, 5) is 0. The van der Waals surface area contributed by atoms with E-state index in [0.717, 1.165) is 27.6 Å². The molecule has 0 amide bonds. The Labute approximate surface area is 162 Å². The topological polar surface area (TPSA) is 115 Å². The molecule has 0 atom stereocenters. The first-order chi connectivity index (χ1) is 13.4. The van der Waals surface area contributed by atoms with Gasteiger partial charge in [-0.25, -0.2) is 0 Å². The number of nitrogens with two attached hydrogens (primary N) is 1. The van der Waals surface area contributed by atoms with Crippen LogP contribution in [0.4, 0.5) is 5.69 Å². The molecule has 0 saturated carbocycles. The Hall–Kier alpha value is -3.35. The first-order valence-corrected chi connectivity index (χ1v) is 9.26. The maximum absolute atomic E-state index is 8.21. The van der Waals surface area contributed by atoms with Crippen molar-refractivity contribution in [2.24, 2.45) is 0 Å². The Balaban J connectivity index is 2.32. The van der Waals surface area contributed by atoms with Crippen LogP contribution >= 0.6 is 0 Å². The highest BCUT2D eigenvalue weighted by molar-refractivity contribution is 6.04. The number of fused-ring (bicyclic) bond motifs is 2. The number of nitrogens with zero attached hydrogens (tertiary/aromatic N) is 4. The third-order valence-corrected chi connectivity index (χ3v) is 4.88. The molecule has 1 aliphatic heterocycles. The molecule has 0 unspecified atom stereocenters. The van der Waals surface area contributed by atoms with Gasteiger partial charge in [0.05, 0.1) is 5.36 Å². The zero-order chi connectivity index (χ0) is 20.0. The molecule has 4 rings (SSSR count). The van der Waals surface area contributed by atoms with Crippen molar-refractivity contribution in [2.45, 2.75) is 39.5 Å². The molecule has 7 heteroatoms. The van der Waals surface area contributed by atoms with Crippen molar-refractivity contribution in [3.05, 3.63) is 47.1 Å². The zero-order valence-corrected chi connectivity index (χ0v) is 16.3. The van der Waals surface area contributed by atoms with Crippen LogP contribution in [0.25, 0.3) is 33.7 Å². The number of benzene rings is 2. The Morgan fingerprint density at radius 1 is 0.893 bits per heavy atom. The Morgan fingerprint density at radius 3 is 2.21 bits per heavy atom. The minimum absolute atomic E-state index is 0.181. The van der Waals surface area contributed by atoms with E-state index in [-0.39, 0.29) is 11.8 Å². The second kappa shape index (κ2) is 6.67. The summed E-state index contributed by atoms with van der Waals surface area (Å²) < 4.78 is 6.26. The molecule has 0 fully saturated rings. The summed E-state index contributed by atoms with van der Waals surface area (Å²) in [6.07, 6.45) is 1.31. The average Bonchev–Trinajstić information content (AvgIpc) is 2.65. The highest BCUT2D eigenvalue weighted by Crippen LogP contribution is 2.45. The fourth-order valence-corrected chi connectivity index (χ4v) is 3.67. The van der Waals surface area contributed by atoms with E-state index in [1.807, 2.05) is 12.1 Å². The van der Waals surface area contributed by atoms with Gasteiger partial charge in [0.2, 0.25) is 5.82 Å². The van der Waals surface area contributed by atoms with E-state index in [0.29, 0.717) is 28.2 Å². The van der Waals surface area contributed by atoms with Gasteiger partial charge in [-0.3, -0.25) is 0 Å². The van der Waals surface area contributed by atoms with Crippen molar-refractivity contribution in [1.82, 2.24) is 20.4 Å². The second-order valence-corrected chi connectivity index (χ2v) is 7.58. The lowest BCUT2D eigenvalue weighted by atomic mass is 9.86. The van der Waals surface area contributed by atoms with Crippen LogP contribution in [0.15, 0.2) is 35.0 Å². The fourth-order valence-electron chi connectivity index (χ4n) is 3.67. The molecule has 2 heterocycles. The maximum Gasteiger partial charge on any atom is 0.205 e. The minimum Gasteiger partial charge on any atom is -0.456 e. The molecule has 3 N–H and O–H groups in total. The number of anilines is 1.